The van der Waals surface area contributed by atoms with Crippen molar-refractivity contribution in [2.24, 2.45) is 0 Å². The third-order valence-electron chi connectivity index (χ3n) is 11.6. The number of likely N-dealkylation sites (N-methyl/N-ethyl adjacent to an activating group) is 1. The molecule has 0 saturated carbocycles. The fraction of sp³-hybridized carbons (Fsp3) is 0.500. The first-order chi connectivity index (χ1) is 29.8. The number of carboxylic acids is 1. The molecule has 0 saturated heterocycles. The zero-order chi connectivity index (χ0) is 47.5. The van der Waals surface area contributed by atoms with E-state index >= 15 is 0 Å². The van der Waals surface area contributed by atoms with Crippen molar-refractivity contribution >= 4 is 59.2 Å². The summed E-state index contributed by atoms with van der Waals surface area (Å²) >= 11 is 0. The summed E-state index contributed by atoms with van der Waals surface area (Å²) in [5.74, 6) is -1.38. The Hall–Kier alpha value is -4.30. The van der Waals surface area contributed by atoms with E-state index in [1.165, 1.54) is 12.1 Å². The highest BCUT2D eigenvalue weighted by Gasteiger charge is 2.45. The molecule has 0 bridgehead atoms. The molecule has 2 aromatic carbocycles. The number of hydrogen-bond acceptors (Lipinski definition) is 10. The number of anilines is 1. The van der Waals surface area contributed by atoms with Gasteiger partial charge in [-0.1, -0.05) is 69.2 Å². The van der Waals surface area contributed by atoms with Crippen LogP contribution in [0.25, 0.3) is 0 Å². The number of nitrogens with zero attached hydrogens (tertiary/aromatic N) is 3. The zero-order valence-electron chi connectivity index (χ0n) is 37.4. The number of carboxylic acid groups (broad SMARTS) is 1. The number of rotatable bonds is 26. The second-order valence-electron chi connectivity index (χ2n) is 17.6. The zero-order valence-corrected chi connectivity index (χ0v) is 39.9. The molecule has 0 atom stereocenters. The first-order valence-electron chi connectivity index (χ1n) is 21.5. The summed E-state index contributed by atoms with van der Waals surface area (Å²) < 4.78 is 99.9. The van der Waals surface area contributed by atoms with Gasteiger partial charge in [0.25, 0.3) is 30.4 Å². The van der Waals surface area contributed by atoms with Gasteiger partial charge in [-0.3, -0.25) is 28.1 Å². The summed E-state index contributed by atoms with van der Waals surface area (Å²) in [5.41, 5.74) is 5.21. The van der Waals surface area contributed by atoms with E-state index in [4.69, 9.17) is 5.11 Å². The maximum Gasteiger partial charge on any atom is 0.303 e. The number of allylic oxidation sites excluding steroid dienone is 8. The van der Waals surface area contributed by atoms with E-state index in [2.05, 4.69) is 30.9 Å². The topological polar surface area (TPSA) is 227 Å². The molecule has 0 aliphatic carbocycles. The molecule has 2 aromatic rings. The number of Topliss-reactive ketones (excluding diaryl/α,β-unsaturated/α-hetero) is 1. The number of unbranched alkanes of at least 4 members (excludes halogenated alkanes) is 5. The Morgan fingerprint density at radius 2 is 1.34 bits per heavy atom. The van der Waals surface area contributed by atoms with Crippen molar-refractivity contribution < 1.29 is 58.2 Å². The third kappa shape index (κ3) is 15.1. The molecule has 2 aliphatic heterocycles. The molecular formula is C46H64N3O12S3+. The lowest BCUT2D eigenvalue weighted by Gasteiger charge is -2.27. The van der Waals surface area contributed by atoms with Crippen LogP contribution in [0.15, 0.2) is 89.5 Å². The van der Waals surface area contributed by atoms with Gasteiger partial charge in [0.05, 0.1) is 28.4 Å². The van der Waals surface area contributed by atoms with E-state index < -0.39 is 47.2 Å². The molecule has 15 nitrogen and oxygen atoms in total. The molecule has 0 fully saturated rings. The van der Waals surface area contributed by atoms with Crippen LogP contribution in [0.2, 0.25) is 0 Å². The van der Waals surface area contributed by atoms with Crippen molar-refractivity contribution in [1.82, 2.24) is 4.90 Å². The second kappa shape index (κ2) is 22.3. The highest BCUT2D eigenvalue weighted by Crippen LogP contribution is 2.48. The van der Waals surface area contributed by atoms with Gasteiger partial charge in [-0.05, 0) is 88.4 Å². The van der Waals surface area contributed by atoms with Crippen molar-refractivity contribution in [2.45, 2.75) is 114 Å². The molecule has 0 unspecified atom stereocenters. The summed E-state index contributed by atoms with van der Waals surface area (Å²) in [6.07, 6.45) is 18.3. The lowest BCUT2D eigenvalue weighted by molar-refractivity contribution is -0.438. The summed E-state index contributed by atoms with van der Waals surface area (Å²) in [6, 6.07) is 10.6. The van der Waals surface area contributed by atoms with Crippen molar-refractivity contribution in [3.63, 3.8) is 0 Å². The molecule has 0 amide bonds. The number of hydrogen-bond donors (Lipinski definition) is 4. The highest BCUT2D eigenvalue weighted by molar-refractivity contribution is 7.86. The van der Waals surface area contributed by atoms with Crippen LogP contribution in [0.3, 0.4) is 0 Å². The third-order valence-corrected chi connectivity index (χ3v) is 14.1. The molecule has 2 aliphatic rings. The fourth-order valence-electron chi connectivity index (χ4n) is 8.41. The number of carbonyl (C=O) groups is 2. The molecule has 0 aromatic heterocycles. The predicted molar refractivity (Wildman–Crippen MR) is 249 cm³/mol. The number of fused-ring (bicyclic) bond motifs is 2. The first-order valence-corrected chi connectivity index (χ1v) is 26.2. The Morgan fingerprint density at radius 1 is 0.719 bits per heavy atom. The van der Waals surface area contributed by atoms with Gasteiger partial charge in [0.2, 0.25) is 5.69 Å². The maximum absolute atomic E-state index is 12.7. The van der Waals surface area contributed by atoms with Crippen molar-refractivity contribution in [2.75, 3.05) is 43.1 Å². The van der Waals surface area contributed by atoms with Crippen LogP contribution < -0.4 is 4.90 Å². The van der Waals surface area contributed by atoms with Gasteiger partial charge in [0.15, 0.2) is 5.71 Å². The summed E-state index contributed by atoms with van der Waals surface area (Å²) in [5, 5.41) is 8.81. The Kier molecular flexibility index (Phi) is 18.2. The molecule has 18 heteroatoms. The average molecular weight is 947 g/mol. The van der Waals surface area contributed by atoms with Crippen molar-refractivity contribution in [3.05, 3.63) is 101 Å². The predicted octanol–water partition coefficient (Wildman–Crippen LogP) is 7.42. The van der Waals surface area contributed by atoms with Gasteiger partial charge in [-0.15, -0.1) is 0 Å². The van der Waals surface area contributed by atoms with Crippen LogP contribution in [0.1, 0.15) is 109 Å². The number of aliphatic carboxylic acids is 1. The van der Waals surface area contributed by atoms with Crippen LogP contribution in [0.4, 0.5) is 11.4 Å². The van der Waals surface area contributed by atoms with E-state index in [9.17, 15) is 48.5 Å². The summed E-state index contributed by atoms with van der Waals surface area (Å²) in [6.45, 7) is 9.89. The van der Waals surface area contributed by atoms with Crippen LogP contribution in [0, 0.1) is 0 Å². The summed E-state index contributed by atoms with van der Waals surface area (Å²) in [4.78, 5) is 27.4. The molecular weight excluding hydrogens is 883 g/mol. The Morgan fingerprint density at radius 3 is 1.98 bits per heavy atom. The number of carbonyl (C=O) groups excluding carboxylic acids is 1. The fourth-order valence-corrected chi connectivity index (χ4v) is 10.1. The van der Waals surface area contributed by atoms with Gasteiger partial charge in [-0.25, -0.2) is 0 Å². The average Bonchev–Trinajstić information content (AvgIpc) is 3.52. The van der Waals surface area contributed by atoms with Gasteiger partial charge in [0, 0.05) is 66.9 Å². The van der Waals surface area contributed by atoms with Gasteiger partial charge in [0.1, 0.15) is 12.3 Å². The quantitative estimate of drug-likeness (QED) is 0.0312. The molecule has 0 spiro atoms. The number of ketones is 1. The van der Waals surface area contributed by atoms with E-state index in [1.54, 1.807) is 6.07 Å². The molecule has 352 valence electrons. The van der Waals surface area contributed by atoms with Gasteiger partial charge >= 0.3 is 5.97 Å². The molecule has 0 radical (unpaired) electrons. The minimum atomic E-state index is -4.46. The van der Waals surface area contributed by atoms with Gasteiger partial charge in [-0.2, -0.15) is 29.8 Å². The lowest BCUT2D eigenvalue weighted by atomic mass is 9.81. The van der Waals surface area contributed by atoms with Crippen molar-refractivity contribution in [3.8, 4) is 0 Å². The lowest BCUT2D eigenvalue weighted by Crippen LogP contribution is -2.28. The normalized spacial score (nSPS) is 16.9. The summed E-state index contributed by atoms with van der Waals surface area (Å²) in [7, 11) is -10.8. The molecule has 2 heterocycles. The van der Waals surface area contributed by atoms with Crippen LogP contribution in [-0.2, 0) is 57.3 Å². The Labute approximate surface area is 379 Å². The Balaban J connectivity index is 1.52. The SMILES string of the molecule is CN(CC(=O)CCCCCCC(=O)O)Cc1ccc2c(c1)C(C)(C)C(=CC=CC=CC=CC1=[N+](CCCCS(=O)(=O)O)c3ccc(S(=O)(=O)O)cc3C1(C)C)N2CCCCS(=O)(=O)O. The monoisotopic (exact) mass is 946 g/mol. The standard InChI is InChI=1S/C46H63N3O12S3/c1-45(2)38-31-35(33-47(5)34-36(50)19-11-9-10-14-22-44(51)52)23-25-40(38)48(27-15-17-29-62(53,54)55)42(45)20-12-7-6-8-13-21-43-46(3,4)39-32-37(64(59,60)61)24-26-41(39)49(43)28-16-18-30-63(56,57)58/h6-8,12-13,20-21,23-26,31-32H,9-11,14-19,22,27-30,33-34H2,1-5H3,(H3-,51,52,53,54,55,56,57,58,59,60,61)/p+1. The van der Waals surface area contributed by atoms with Crippen LogP contribution in [-0.4, -0.2) is 109 Å². The van der Waals surface area contributed by atoms with E-state index in [0.29, 0.717) is 57.4 Å². The van der Waals surface area contributed by atoms with E-state index in [-0.39, 0.29) is 41.4 Å². The molecule has 4 N–H and O–H groups in total. The number of benzene rings is 2. The minimum Gasteiger partial charge on any atom is -0.481 e. The Bertz CT molecular complexity index is 2520. The van der Waals surface area contributed by atoms with E-state index in [1.807, 2.05) is 79.0 Å². The van der Waals surface area contributed by atoms with Gasteiger partial charge < -0.3 is 10.0 Å². The van der Waals surface area contributed by atoms with Crippen LogP contribution in [0.5, 0.6) is 0 Å². The van der Waals surface area contributed by atoms with Crippen LogP contribution >= 0.6 is 0 Å². The van der Waals surface area contributed by atoms with Crippen molar-refractivity contribution in [1.29, 1.82) is 0 Å². The first kappa shape index (κ1) is 52.3. The second-order valence-corrected chi connectivity index (χ2v) is 22.2. The minimum absolute atomic E-state index is 0.136. The molecule has 4 rings (SSSR count). The maximum atomic E-state index is 12.7. The smallest absolute Gasteiger partial charge is 0.303 e. The van der Waals surface area contributed by atoms with E-state index in [0.717, 1.165) is 53.2 Å². The largest absolute Gasteiger partial charge is 0.481 e. The molecule has 64 heavy (non-hydrogen) atoms. The highest BCUT2D eigenvalue weighted by atomic mass is 32.2.